The van der Waals surface area contributed by atoms with Crippen molar-refractivity contribution in [3.05, 3.63) is 65.2 Å². The molecule has 2 aromatic rings. The SMILES string of the molecule is C#Cc1cc(Cc2ccccc2)ccc1S(=O)(=O)O. The van der Waals surface area contributed by atoms with E-state index in [0.29, 0.717) is 6.42 Å². The summed E-state index contributed by atoms with van der Waals surface area (Å²) in [6.07, 6.45) is 5.94. The average molecular weight is 272 g/mol. The van der Waals surface area contributed by atoms with Gasteiger partial charge in [-0.3, -0.25) is 4.55 Å². The van der Waals surface area contributed by atoms with Crippen LogP contribution in [0.2, 0.25) is 0 Å². The molecule has 0 radical (unpaired) electrons. The lowest BCUT2D eigenvalue weighted by atomic mass is 10.0. The van der Waals surface area contributed by atoms with Crippen molar-refractivity contribution in [2.45, 2.75) is 11.3 Å². The fourth-order valence-electron chi connectivity index (χ4n) is 1.86. The fourth-order valence-corrected chi connectivity index (χ4v) is 2.49. The van der Waals surface area contributed by atoms with Crippen molar-refractivity contribution in [2.75, 3.05) is 0 Å². The van der Waals surface area contributed by atoms with Crippen LogP contribution in [0.1, 0.15) is 16.7 Å². The van der Waals surface area contributed by atoms with Crippen LogP contribution >= 0.6 is 0 Å². The van der Waals surface area contributed by atoms with Gasteiger partial charge in [0, 0.05) is 5.56 Å². The van der Waals surface area contributed by atoms with Crippen LogP contribution in [-0.2, 0) is 16.5 Å². The van der Waals surface area contributed by atoms with E-state index in [9.17, 15) is 8.42 Å². The summed E-state index contributed by atoms with van der Waals surface area (Å²) in [4.78, 5) is -0.230. The van der Waals surface area contributed by atoms with Crippen molar-refractivity contribution in [3.63, 3.8) is 0 Å². The van der Waals surface area contributed by atoms with Gasteiger partial charge in [0.05, 0.1) is 0 Å². The highest BCUT2D eigenvalue weighted by atomic mass is 32.2. The molecule has 0 aliphatic carbocycles. The van der Waals surface area contributed by atoms with Crippen LogP contribution in [0.3, 0.4) is 0 Å². The molecule has 0 spiro atoms. The van der Waals surface area contributed by atoms with Gasteiger partial charge in [-0.25, -0.2) is 0 Å². The third-order valence-electron chi connectivity index (χ3n) is 2.73. The first kappa shape index (κ1) is 13.3. The van der Waals surface area contributed by atoms with Gasteiger partial charge in [0.25, 0.3) is 10.1 Å². The summed E-state index contributed by atoms with van der Waals surface area (Å²) in [6.45, 7) is 0. The molecular weight excluding hydrogens is 260 g/mol. The average Bonchev–Trinajstić information content (AvgIpc) is 2.38. The maximum atomic E-state index is 11.1. The minimum absolute atomic E-state index is 0.177. The van der Waals surface area contributed by atoms with Crippen LogP contribution in [0.4, 0.5) is 0 Å². The first-order valence-corrected chi connectivity index (χ1v) is 7.05. The molecule has 96 valence electrons. The monoisotopic (exact) mass is 272 g/mol. The van der Waals surface area contributed by atoms with E-state index in [2.05, 4.69) is 5.92 Å². The van der Waals surface area contributed by atoms with Crippen molar-refractivity contribution in [1.29, 1.82) is 0 Å². The third-order valence-corrected chi connectivity index (χ3v) is 3.64. The molecule has 0 unspecified atom stereocenters. The predicted octanol–water partition coefficient (Wildman–Crippen LogP) is 2.51. The van der Waals surface area contributed by atoms with Crippen molar-refractivity contribution in [1.82, 2.24) is 0 Å². The maximum absolute atomic E-state index is 11.1. The molecule has 4 heteroatoms. The zero-order valence-electron chi connectivity index (χ0n) is 10.1. The normalized spacial score (nSPS) is 10.9. The molecule has 0 saturated carbocycles. The van der Waals surface area contributed by atoms with Crippen LogP contribution in [0.15, 0.2) is 53.4 Å². The molecule has 0 atom stereocenters. The van der Waals surface area contributed by atoms with Crippen molar-refractivity contribution < 1.29 is 13.0 Å². The molecule has 0 bridgehead atoms. The first-order valence-electron chi connectivity index (χ1n) is 5.61. The van der Waals surface area contributed by atoms with E-state index >= 15 is 0 Å². The Morgan fingerprint density at radius 2 is 1.74 bits per heavy atom. The van der Waals surface area contributed by atoms with E-state index < -0.39 is 10.1 Å². The van der Waals surface area contributed by atoms with Crippen molar-refractivity contribution >= 4 is 10.1 Å². The number of hydrogen-bond donors (Lipinski definition) is 1. The Morgan fingerprint density at radius 3 is 2.32 bits per heavy atom. The van der Waals surface area contributed by atoms with Crippen LogP contribution in [0.5, 0.6) is 0 Å². The van der Waals surface area contributed by atoms with E-state index in [1.807, 2.05) is 30.3 Å². The fraction of sp³-hybridized carbons (Fsp3) is 0.0667. The lowest BCUT2D eigenvalue weighted by molar-refractivity contribution is 0.483. The quantitative estimate of drug-likeness (QED) is 0.690. The molecule has 0 fully saturated rings. The topological polar surface area (TPSA) is 54.4 Å². The van der Waals surface area contributed by atoms with E-state index in [-0.39, 0.29) is 10.5 Å². The van der Waals surface area contributed by atoms with Crippen molar-refractivity contribution in [2.24, 2.45) is 0 Å². The number of terminal acetylenes is 1. The Hall–Kier alpha value is -2.09. The second-order valence-electron chi connectivity index (χ2n) is 4.11. The lowest BCUT2D eigenvalue weighted by Gasteiger charge is -2.06. The molecule has 19 heavy (non-hydrogen) atoms. The molecule has 0 aliphatic heterocycles. The van der Waals surface area contributed by atoms with Crippen LogP contribution in [-0.4, -0.2) is 13.0 Å². The summed E-state index contributed by atoms with van der Waals surface area (Å²) in [5.74, 6) is 2.29. The number of hydrogen-bond acceptors (Lipinski definition) is 2. The summed E-state index contributed by atoms with van der Waals surface area (Å²) < 4.78 is 31.3. The minimum Gasteiger partial charge on any atom is -0.282 e. The van der Waals surface area contributed by atoms with Gasteiger partial charge in [0.2, 0.25) is 0 Å². The van der Waals surface area contributed by atoms with Crippen LogP contribution in [0, 0.1) is 12.3 Å². The highest BCUT2D eigenvalue weighted by Gasteiger charge is 2.14. The van der Waals surface area contributed by atoms with E-state index in [4.69, 9.17) is 11.0 Å². The van der Waals surface area contributed by atoms with E-state index in [0.717, 1.165) is 11.1 Å². The standard InChI is InChI=1S/C15H12O3S/c1-2-14-11-13(8-9-15(14)19(16,17)18)10-12-6-4-3-5-7-12/h1,3-9,11H,10H2,(H,16,17,18). The Morgan fingerprint density at radius 1 is 1.05 bits per heavy atom. The molecule has 0 heterocycles. The summed E-state index contributed by atoms with van der Waals surface area (Å²) in [6, 6.07) is 14.3. The Labute approximate surface area is 112 Å². The Kier molecular flexibility index (Phi) is 3.70. The predicted molar refractivity (Wildman–Crippen MR) is 73.4 cm³/mol. The smallest absolute Gasteiger partial charge is 0.282 e. The molecule has 1 N–H and O–H groups in total. The van der Waals surface area contributed by atoms with Gasteiger partial charge in [0.15, 0.2) is 0 Å². The summed E-state index contributed by atoms with van der Waals surface area (Å²) in [5, 5.41) is 0. The highest BCUT2D eigenvalue weighted by Crippen LogP contribution is 2.18. The van der Waals surface area contributed by atoms with Gasteiger partial charge in [-0.05, 0) is 29.7 Å². The second-order valence-corrected chi connectivity index (χ2v) is 5.50. The third kappa shape index (κ3) is 3.22. The van der Waals surface area contributed by atoms with Gasteiger partial charge >= 0.3 is 0 Å². The molecule has 0 aliphatic rings. The zero-order valence-corrected chi connectivity index (χ0v) is 10.9. The molecule has 0 aromatic heterocycles. The minimum atomic E-state index is -4.28. The Bertz CT molecular complexity index is 726. The molecule has 3 nitrogen and oxygen atoms in total. The van der Waals surface area contributed by atoms with Gasteiger partial charge in [-0.1, -0.05) is 42.3 Å². The molecular formula is C15H12O3S. The summed E-state index contributed by atoms with van der Waals surface area (Å²) >= 11 is 0. The van der Waals surface area contributed by atoms with E-state index in [1.54, 1.807) is 12.1 Å². The first-order chi connectivity index (χ1) is 9.00. The van der Waals surface area contributed by atoms with E-state index in [1.165, 1.54) is 6.07 Å². The molecule has 0 amide bonds. The zero-order chi connectivity index (χ0) is 13.9. The van der Waals surface area contributed by atoms with Gasteiger partial charge < -0.3 is 0 Å². The number of rotatable bonds is 3. The molecule has 2 aromatic carbocycles. The van der Waals surface area contributed by atoms with Gasteiger partial charge in [-0.2, -0.15) is 8.42 Å². The van der Waals surface area contributed by atoms with Crippen LogP contribution in [0.25, 0.3) is 0 Å². The largest absolute Gasteiger partial charge is 0.295 e. The van der Waals surface area contributed by atoms with Crippen LogP contribution < -0.4 is 0 Å². The second kappa shape index (κ2) is 5.27. The molecule has 2 rings (SSSR count). The van der Waals surface area contributed by atoms with Gasteiger partial charge in [-0.15, -0.1) is 6.42 Å². The Balaban J connectivity index is 2.39. The lowest BCUT2D eigenvalue weighted by Crippen LogP contribution is -2.02. The number of benzene rings is 2. The van der Waals surface area contributed by atoms with Gasteiger partial charge in [0.1, 0.15) is 4.90 Å². The highest BCUT2D eigenvalue weighted by molar-refractivity contribution is 7.85. The molecule has 0 saturated heterocycles. The van der Waals surface area contributed by atoms with Crippen molar-refractivity contribution in [3.8, 4) is 12.3 Å². The summed E-state index contributed by atoms with van der Waals surface area (Å²) in [7, 11) is -4.28. The summed E-state index contributed by atoms with van der Waals surface area (Å²) in [5.41, 5.74) is 2.17. The maximum Gasteiger partial charge on any atom is 0.295 e.